The number of aryl methyl sites for hydroxylation is 1. The summed E-state index contributed by atoms with van der Waals surface area (Å²) in [5, 5.41) is 6.84. The zero-order chi connectivity index (χ0) is 13.7. The Bertz CT molecular complexity index is 585. The van der Waals surface area contributed by atoms with Gasteiger partial charge in [0.05, 0.1) is 5.56 Å². The van der Waals surface area contributed by atoms with E-state index in [0.29, 0.717) is 11.4 Å². The molecule has 0 saturated carbocycles. The lowest BCUT2D eigenvalue weighted by molar-refractivity contribution is 0.0549. The van der Waals surface area contributed by atoms with Crippen molar-refractivity contribution in [2.45, 2.75) is 13.8 Å². The van der Waals surface area contributed by atoms with Crippen LogP contribution < -0.4 is 0 Å². The molecule has 1 aromatic carbocycles. The van der Waals surface area contributed by atoms with Gasteiger partial charge in [-0.1, -0.05) is 24.3 Å². The van der Waals surface area contributed by atoms with Crippen LogP contribution in [0.2, 0.25) is 0 Å². The molecule has 0 saturated heterocycles. The smallest absolute Gasteiger partial charge is 0.338 e. The fraction of sp³-hybridized carbons (Fsp3) is 0.214. The number of esters is 1. The molecule has 0 amide bonds. The molecular formula is C14H15N3O2. The summed E-state index contributed by atoms with van der Waals surface area (Å²) in [7, 11) is 0. The van der Waals surface area contributed by atoms with Gasteiger partial charge in [-0.25, -0.2) is 9.78 Å². The van der Waals surface area contributed by atoms with E-state index in [0.717, 1.165) is 11.4 Å². The molecule has 5 nitrogen and oxygen atoms in total. The fourth-order valence-corrected chi connectivity index (χ4v) is 1.53. The van der Waals surface area contributed by atoms with Crippen LogP contribution in [0.4, 0.5) is 0 Å². The minimum atomic E-state index is -0.337. The molecule has 1 heterocycles. The van der Waals surface area contributed by atoms with Gasteiger partial charge in [-0.2, -0.15) is 5.10 Å². The maximum absolute atomic E-state index is 11.7. The highest BCUT2D eigenvalue weighted by atomic mass is 16.5. The molecular weight excluding hydrogens is 242 g/mol. The number of ether oxygens (including phenoxy) is 1. The zero-order valence-electron chi connectivity index (χ0n) is 10.9. The predicted octanol–water partition coefficient (Wildman–Crippen LogP) is 2.51. The van der Waals surface area contributed by atoms with Crippen LogP contribution in [0.15, 0.2) is 36.4 Å². The van der Waals surface area contributed by atoms with Crippen molar-refractivity contribution >= 4 is 5.97 Å². The number of H-pyrrole nitrogens is 1. The molecule has 0 unspecified atom stereocenters. The number of carbonyl (C=O) groups excluding carboxylic acids is 1. The molecule has 98 valence electrons. The van der Waals surface area contributed by atoms with Crippen LogP contribution in [0.1, 0.15) is 23.1 Å². The van der Waals surface area contributed by atoms with Crippen molar-refractivity contribution in [2.24, 2.45) is 0 Å². The third kappa shape index (κ3) is 3.28. The summed E-state index contributed by atoms with van der Waals surface area (Å²) >= 11 is 0. The largest absolute Gasteiger partial charge is 0.458 e. The fourth-order valence-electron chi connectivity index (χ4n) is 1.53. The van der Waals surface area contributed by atoms with Gasteiger partial charge >= 0.3 is 5.97 Å². The maximum atomic E-state index is 11.7. The van der Waals surface area contributed by atoms with Crippen molar-refractivity contribution in [1.29, 1.82) is 0 Å². The van der Waals surface area contributed by atoms with Crippen molar-refractivity contribution in [3.63, 3.8) is 0 Å². The summed E-state index contributed by atoms with van der Waals surface area (Å²) in [6.07, 6.45) is 3.62. The van der Waals surface area contributed by atoms with Crippen LogP contribution in [0.5, 0.6) is 0 Å². The molecule has 0 aliphatic carbocycles. The highest BCUT2D eigenvalue weighted by Crippen LogP contribution is 2.15. The molecule has 0 bridgehead atoms. The average molecular weight is 257 g/mol. The summed E-state index contributed by atoms with van der Waals surface area (Å²) in [4.78, 5) is 15.9. The van der Waals surface area contributed by atoms with Crippen molar-refractivity contribution in [3.8, 4) is 11.4 Å². The first kappa shape index (κ1) is 13.0. The van der Waals surface area contributed by atoms with E-state index in [2.05, 4.69) is 15.2 Å². The van der Waals surface area contributed by atoms with Crippen LogP contribution in [-0.4, -0.2) is 27.8 Å². The Morgan fingerprint density at radius 2 is 2.11 bits per heavy atom. The number of allylic oxidation sites excluding steroid dienone is 1. The first-order valence-corrected chi connectivity index (χ1v) is 5.98. The van der Waals surface area contributed by atoms with Gasteiger partial charge in [-0.3, -0.25) is 5.10 Å². The minimum absolute atomic E-state index is 0.289. The van der Waals surface area contributed by atoms with Gasteiger partial charge in [0.2, 0.25) is 0 Å². The quantitative estimate of drug-likeness (QED) is 0.675. The number of aromatic nitrogens is 3. The Balaban J connectivity index is 2.08. The molecule has 2 aromatic rings. The molecule has 19 heavy (non-hydrogen) atoms. The third-order valence-electron chi connectivity index (χ3n) is 2.52. The van der Waals surface area contributed by atoms with E-state index < -0.39 is 0 Å². The van der Waals surface area contributed by atoms with Crippen molar-refractivity contribution in [3.05, 3.63) is 47.8 Å². The van der Waals surface area contributed by atoms with Gasteiger partial charge in [0.1, 0.15) is 12.4 Å². The first-order chi connectivity index (χ1) is 9.20. The maximum Gasteiger partial charge on any atom is 0.338 e. The molecule has 5 heteroatoms. The van der Waals surface area contributed by atoms with Gasteiger partial charge in [-0.05, 0) is 26.0 Å². The first-order valence-electron chi connectivity index (χ1n) is 5.98. The summed E-state index contributed by atoms with van der Waals surface area (Å²) in [5.74, 6) is 1.03. The molecule has 0 radical (unpaired) electrons. The third-order valence-corrected chi connectivity index (χ3v) is 2.52. The highest BCUT2D eigenvalue weighted by molar-refractivity contribution is 5.89. The molecule has 1 N–H and O–H groups in total. The number of nitrogens with zero attached hydrogens (tertiary/aromatic N) is 2. The Hall–Kier alpha value is -2.43. The van der Waals surface area contributed by atoms with Gasteiger partial charge in [0.15, 0.2) is 5.82 Å². The van der Waals surface area contributed by atoms with E-state index in [1.165, 1.54) is 0 Å². The number of nitrogens with one attached hydrogen (secondary N) is 1. The normalized spacial score (nSPS) is 10.8. The molecule has 0 fully saturated rings. The zero-order valence-corrected chi connectivity index (χ0v) is 10.9. The number of carbonyl (C=O) groups is 1. The molecule has 0 spiro atoms. The molecule has 1 aromatic heterocycles. The van der Waals surface area contributed by atoms with E-state index in [9.17, 15) is 4.79 Å². The number of benzene rings is 1. The number of hydrogen-bond donors (Lipinski definition) is 1. The summed E-state index contributed by atoms with van der Waals surface area (Å²) < 4.78 is 5.06. The van der Waals surface area contributed by atoms with Crippen LogP contribution >= 0.6 is 0 Å². The average Bonchev–Trinajstić information content (AvgIpc) is 2.86. The second-order valence-corrected chi connectivity index (χ2v) is 3.99. The second-order valence-electron chi connectivity index (χ2n) is 3.99. The molecule has 2 rings (SSSR count). The van der Waals surface area contributed by atoms with E-state index in [1.807, 2.05) is 19.9 Å². The minimum Gasteiger partial charge on any atom is -0.458 e. The topological polar surface area (TPSA) is 67.9 Å². The Morgan fingerprint density at radius 1 is 1.37 bits per heavy atom. The highest BCUT2D eigenvalue weighted by Gasteiger charge is 2.08. The van der Waals surface area contributed by atoms with Crippen LogP contribution in [-0.2, 0) is 4.74 Å². The van der Waals surface area contributed by atoms with Crippen LogP contribution in [0, 0.1) is 6.92 Å². The Kier molecular flexibility index (Phi) is 4.07. The lowest BCUT2D eigenvalue weighted by Crippen LogP contribution is -2.04. The number of aromatic amines is 1. The van der Waals surface area contributed by atoms with Crippen molar-refractivity contribution in [1.82, 2.24) is 15.2 Å². The van der Waals surface area contributed by atoms with Crippen molar-refractivity contribution in [2.75, 3.05) is 6.61 Å². The van der Waals surface area contributed by atoms with Crippen molar-refractivity contribution < 1.29 is 9.53 Å². The van der Waals surface area contributed by atoms with E-state index in [1.54, 1.807) is 30.3 Å². The molecule has 0 aliphatic heterocycles. The van der Waals surface area contributed by atoms with E-state index >= 15 is 0 Å². The summed E-state index contributed by atoms with van der Waals surface area (Å²) in [5.41, 5.74) is 1.37. The van der Waals surface area contributed by atoms with Gasteiger partial charge < -0.3 is 4.74 Å². The summed E-state index contributed by atoms with van der Waals surface area (Å²) in [6, 6.07) is 7.02. The molecule has 0 aliphatic rings. The van der Waals surface area contributed by atoms with E-state index in [-0.39, 0.29) is 12.6 Å². The lowest BCUT2D eigenvalue weighted by atomic mass is 10.1. The standard InChI is InChI=1S/C14H15N3O2/c1-3-4-9-19-14(18)12-7-5-11(6-8-12)13-15-10(2)16-17-13/h3-8H,9H2,1-2H3,(H,15,16,17)/b4-3+. The number of rotatable bonds is 4. The monoisotopic (exact) mass is 257 g/mol. The number of hydrogen-bond acceptors (Lipinski definition) is 4. The lowest BCUT2D eigenvalue weighted by Gasteiger charge is -2.02. The van der Waals surface area contributed by atoms with Gasteiger partial charge in [0, 0.05) is 5.56 Å². The molecule has 0 atom stereocenters. The van der Waals surface area contributed by atoms with E-state index in [4.69, 9.17) is 4.74 Å². The van der Waals surface area contributed by atoms with Gasteiger partial charge in [0.25, 0.3) is 0 Å². The predicted molar refractivity (Wildman–Crippen MR) is 71.7 cm³/mol. The SMILES string of the molecule is C/C=C/COC(=O)c1ccc(-c2n[nH]c(C)n2)cc1. The second kappa shape index (κ2) is 5.95. The van der Waals surface area contributed by atoms with Crippen LogP contribution in [0.3, 0.4) is 0 Å². The Labute approximate surface area is 111 Å². The Morgan fingerprint density at radius 3 is 2.68 bits per heavy atom. The van der Waals surface area contributed by atoms with Gasteiger partial charge in [-0.15, -0.1) is 0 Å². The summed E-state index contributed by atoms with van der Waals surface area (Å²) in [6.45, 7) is 4.00. The van der Waals surface area contributed by atoms with Crippen LogP contribution in [0.25, 0.3) is 11.4 Å².